The summed E-state index contributed by atoms with van der Waals surface area (Å²) in [6, 6.07) is 0. The summed E-state index contributed by atoms with van der Waals surface area (Å²) >= 11 is 0. The molecule has 0 atom stereocenters. The standard InChI is InChI=1S/C10H17N3O2/c1-3-14-9-8(2)10(13-7-12-9)15-6-4-5-11/h7H,3-6,11H2,1-2H3. The molecular weight excluding hydrogens is 194 g/mol. The lowest BCUT2D eigenvalue weighted by molar-refractivity contribution is 0.286. The van der Waals surface area contributed by atoms with Gasteiger partial charge in [0.15, 0.2) is 0 Å². The molecule has 15 heavy (non-hydrogen) atoms. The number of rotatable bonds is 6. The molecule has 1 aromatic heterocycles. The Bertz CT molecular complexity index is 305. The van der Waals surface area contributed by atoms with E-state index in [1.54, 1.807) is 0 Å². The van der Waals surface area contributed by atoms with Crippen molar-refractivity contribution in [3.05, 3.63) is 11.9 Å². The van der Waals surface area contributed by atoms with Gasteiger partial charge in [0.1, 0.15) is 6.33 Å². The lowest BCUT2D eigenvalue weighted by Gasteiger charge is -2.10. The van der Waals surface area contributed by atoms with E-state index in [1.807, 2.05) is 13.8 Å². The second kappa shape index (κ2) is 6.19. The maximum absolute atomic E-state index is 5.45. The monoisotopic (exact) mass is 211 g/mol. The van der Waals surface area contributed by atoms with Gasteiger partial charge >= 0.3 is 0 Å². The maximum Gasteiger partial charge on any atom is 0.223 e. The van der Waals surface area contributed by atoms with Crippen LogP contribution in [0.25, 0.3) is 0 Å². The van der Waals surface area contributed by atoms with Crippen molar-refractivity contribution < 1.29 is 9.47 Å². The van der Waals surface area contributed by atoms with Crippen LogP contribution in [0, 0.1) is 6.92 Å². The first-order chi connectivity index (χ1) is 7.29. The molecule has 5 heteroatoms. The number of hydrogen-bond donors (Lipinski definition) is 1. The van der Waals surface area contributed by atoms with Crippen molar-refractivity contribution in [3.8, 4) is 11.8 Å². The van der Waals surface area contributed by atoms with Gasteiger partial charge in [-0.15, -0.1) is 0 Å². The van der Waals surface area contributed by atoms with E-state index in [1.165, 1.54) is 6.33 Å². The number of aromatic nitrogens is 2. The SMILES string of the molecule is CCOc1ncnc(OCCCN)c1C. The molecule has 0 bridgehead atoms. The highest BCUT2D eigenvalue weighted by atomic mass is 16.5. The predicted molar refractivity (Wildman–Crippen MR) is 57.1 cm³/mol. The Labute approximate surface area is 89.6 Å². The van der Waals surface area contributed by atoms with Crippen molar-refractivity contribution in [2.75, 3.05) is 19.8 Å². The molecule has 0 saturated heterocycles. The zero-order valence-corrected chi connectivity index (χ0v) is 9.19. The van der Waals surface area contributed by atoms with E-state index in [2.05, 4.69) is 9.97 Å². The maximum atomic E-state index is 5.45. The fraction of sp³-hybridized carbons (Fsp3) is 0.600. The summed E-state index contributed by atoms with van der Waals surface area (Å²) in [5.74, 6) is 1.15. The van der Waals surface area contributed by atoms with Crippen LogP contribution in [0.3, 0.4) is 0 Å². The molecule has 0 aliphatic heterocycles. The number of ether oxygens (including phenoxy) is 2. The van der Waals surface area contributed by atoms with Crippen molar-refractivity contribution in [1.29, 1.82) is 0 Å². The second-order valence-corrected chi connectivity index (χ2v) is 3.03. The molecule has 5 nitrogen and oxygen atoms in total. The van der Waals surface area contributed by atoms with Crippen LogP contribution in [0.1, 0.15) is 18.9 Å². The summed E-state index contributed by atoms with van der Waals surface area (Å²) in [6.45, 7) is 5.56. The Kier molecular flexibility index (Phi) is 4.83. The predicted octanol–water partition coefficient (Wildman–Crippen LogP) is 0.911. The highest BCUT2D eigenvalue weighted by Crippen LogP contribution is 2.22. The van der Waals surface area contributed by atoms with Crippen LogP contribution < -0.4 is 15.2 Å². The Balaban J connectivity index is 2.66. The average molecular weight is 211 g/mol. The molecule has 0 aliphatic rings. The largest absolute Gasteiger partial charge is 0.478 e. The average Bonchev–Trinajstić information content (AvgIpc) is 2.24. The van der Waals surface area contributed by atoms with E-state index < -0.39 is 0 Å². The molecule has 0 amide bonds. The zero-order chi connectivity index (χ0) is 11.1. The fourth-order valence-corrected chi connectivity index (χ4v) is 1.10. The molecule has 0 unspecified atom stereocenters. The lowest BCUT2D eigenvalue weighted by Crippen LogP contribution is -2.08. The normalized spacial score (nSPS) is 10.1. The molecular formula is C10H17N3O2. The molecule has 0 radical (unpaired) electrons. The van der Waals surface area contributed by atoms with Crippen molar-refractivity contribution in [3.63, 3.8) is 0 Å². The molecule has 2 N–H and O–H groups in total. The van der Waals surface area contributed by atoms with E-state index in [9.17, 15) is 0 Å². The van der Waals surface area contributed by atoms with Crippen molar-refractivity contribution in [2.24, 2.45) is 5.73 Å². The summed E-state index contributed by atoms with van der Waals surface area (Å²) < 4.78 is 10.8. The number of nitrogens with two attached hydrogens (primary N) is 1. The van der Waals surface area contributed by atoms with Crippen LogP contribution in [0.2, 0.25) is 0 Å². The van der Waals surface area contributed by atoms with Gasteiger partial charge in [-0.3, -0.25) is 0 Å². The Hall–Kier alpha value is -1.36. The van der Waals surface area contributed by atoms with Crippen molar-refractivity contribution in [1.82, 2.24) is 9.97 Å². The van der Waals surface area contributed by atoms with Crippen LogP contribution in [-0.2, 0) is 0 Å². The van der Waals surface area contributed by atoms with Crippen molar-refractivity contribution >= 4 is 0 Å². The van der Waals surface area contributed by atoms with E-state index in [0.717, 1.165) is 12.0 Å². The molecule has 0 fully saturated rings. The van der Waals surface area contributed by atoms with Gasteiger partial charge in [-0.1, -0.05) is 0 Å². The van der Waals surface area contributed by atoms with Gasteiger partial charge in [0, 0.05) is 0 Å². The van der Waals surface area contributed by atoms with Gasteiger partial charge in [-0.25, -0.2) is 9.97 Å². The summed E-state index contributed by atoms with van der Waals surface area (Å²) in [4.78, 5) is 8.06. The third-order valence-corrected chi connectivity index (χ3v) is 1.86. The van der Waals surface area contributed by atoms with Crippen LogP contribution >= 0.6 is 0 Å². The van der Waals surface area contributed by atoms with Gasteiger partial charge in [-0.05, 0) is 26.8 Å². The second-order valence-electron chi connectivity index (χ2n) is 3.03. The third-order valence-electron chi connectivity index (χ3n) is 1.86. The van der Waals surface area contributed by atoms with Gasteiger partial charge in [-0.2, -0.15) is 0 Å². The van der Waals surface area contributed by atoms with Gasteiger partial charge in [0.25, 0.3) is 0 Å². The zero-order valence-electron chi connectivity index (χ0n) is 9.19. The van der Waals surface area contributed by atoms with Gasteiger partial charge in [0.2, 0.25) is 11.8 Å². The topological polar surface area (TPSA) is 70.3 Å². The quantitative estimate of drug-likeness (QED) is 0.708. The third kappa shape index (κ3) is 3.36. The van der Waals surface area contributed by atoms with E-state index in [0.29, 0.717) is 31.5 Å². The molecule has 84 valence electrons. The first kappa shape index (κ1) is 11.7. The minimum atomic E-state index is 0.569. The molecule has 0 spiro atoms. The highest BCUT2D eigenvalue weighted by molar-refractivity contribution is 5.32. The number of nitrogens with zero attached hydrogens (tertiary/aromatic N) is 2. The minimum absolute atomic E-state index is 0.569. The van der Waals surface area contributed by atoms with Gasteiger partial charge in [0.05, 0.1) is 18.8 Å². The minimum Gasteiger partial charge on any atom is -0.478 e. The van der Waals surface area contributed by atoms with E-state index in [-0.39, 0.29) is 0 Å². The fourth-order valence-electron chi connectivity index (χ4n) is 1.10. The molecule has 0 aromatic carbocycles. The van der Waals surface area contributed by atoms with Gasteiger partial charge < -0.3 is 15.2 Å². The first-order valence-corrected chi connectivity index (χ1v) is 5.06. The Morgan fingerprint density at radius 3 is 2.53 bits per heavy atom. The van der Waals surface area contributed by atoms with Crippen LogP contribution in [0.4, 0.5) is 0 Å². The van der Waals surface area contributed by atoms with Crippen LogP contribution in [-0.4, -0.2) is 29.7 Å². The molecule has 0 saturated carbocycles. The molecule has 1 heterocycles. The van der Waals surface area contributed by atoms with Crippen LogP contribution in [0.5, 0.6) is 11.8 Å². The Morgan fingerprint density at radius 2 is 1.93 bits per heavy atom. The van der Waals surface area contributed by atoms with Crippen LogP contribution in [0.15, 0.2) is 6.33 Å². The lowest BCUT2D eigenvalue weighted by atomic mass is 10.3. The first-order valence-electron chi connectivity index (χ1n) is 5.06. The summed E-state index contributed by atoms with van der Waals surface area (Å²) in [5.41, 5.74) is 6.20. The van der Waals surface area contributed by atoms with Crippen molar-refractivity contribution in [2.45, 2.75) is 20.3 Å². The molecule has 1 rings (SSSR count). The Morgan fingerprint density at radius 1 is 1.27 bits per heavy atom. The summed E-state index contributed by atoms with van der Waals surface area (Å²) in [6.07, 6.45) is 2.25. The molecule has 1 aromatic rings. The number of hydrogen-bond acceptors (Lipinski definition) is 5. The summed E-state index contributed by atoms with van der Waals surface area (Å²) in [7, 11) is 0. The summed E-state index contributed by atoms with van der Waals surface area (Å²) in [5, 5.41) is 0. The highest BCUT2D eigenvalue weighted by Gasteiger charge is 2.08. The van der Waals surface area contributed by atoms with E-state index >= 15 is 0 Å². The van der Waals surface area contributed by atoms with E-state index in [4.69, 9.17) is 15.2 Å². The smallest absolute Gasteiger partial charge is 0.223 e. The molecule has 0 aliphatic carbocycles.